The second kappa shape index (κ2) is 5.13. The van der Waals surface area contributed by atoms with Crippen molar-refractivity contribution in [1.29, 1.82) is 0 Å². The third-order valence-electron chi connectivity index (χ3n) is 3.86. The summed E-state index contributed by atoms with van der Waals surface area (Å²) in [6.45, 7) is 4.34. The lowest BCUT2D eigenvalue weighted by molar-refractivity contribution is -0.0400. The van der Waals surface area contributed by atoms with Gasteiger partial charge in [-0.3, -0.25) is 0 Å². The van der Waals surface area contributed by atoms with Gasteiger partial charge in [-0.25, -0.2) is 0 Å². The summed E-state index contributed by atoms with van der Waals surface area (Å²) in [6, 6.07) is 0.211. The fourth-order valence-electron chi connectivity index (χ4n) is 2.30. The molecule has 1 rings (SSSR count). The van der Waals surface area contributed by atoms with Gasteiger partial charge in [0.2, 0.25) is 0 Å². The van der Waals surface area contributed by atoms with E-state index >= 15 is 0 Å². The first-order valence-corrected chi connectivity index (χ1v) is 5.99. The van der Waals surface area contributed by atoms with Crippen LogP contribution in [0.1, 0.15) is 52.4 Å². The summed E-state index contributed by atoms with van der Waals surface area (Å²) in [7, 11) is 1.80. The number of methoxy groups -OCH3 is 1. The lowest BCUT2D eigenvalue weighted by Crippen LogP contribution is -2.48. The van der Waals surface area contributed by atoms with Gasteiger partial charge in [-0.15, -0.1) is 0 Å². The Kier molecular flexibility index (Phi) is 4.39. The van der Waals surface area contributed by atoms with E-state index in [1.807, 2.05) is 0 Å². The third kappa shape index (κ3) is 2.71. The van der Waals surface area contributed by atoms with Crippen LogP contribution in [-0.4, -0.2) is 18.8 Å². The van der Waals surface area contributed by atoms with Crippen molar-refractivity contribution in [2.75, 3.05) is 7.11 Å². The standard InChI is InChI=1S/C12H25NO/c1-4-12(5-2,14-3)11(13)9-8-10-6-7-10/h10-11H,4-9,13H2,1-3H3. The van der Waals surface area contributed by atoms with E-state index in [1.54, 1.807) is 7.11 Å². The molecule has 84 valence electrons. The molecule has 0 aliphatic heterocycles. The van der Waals surface area contributed by atoms with Crippen LogP contribution < -0.4 is 5.73 Å². The van der Waals surface area contributed by atoms with Crippen molar-refractivity contribution in [3.8, 4) is 0 Å². The number of hydrogen-bond acceptors (Lipinski definition) is 2. The zero-order valence-corrected chi connectivity index (χ0v) is 9.88. The number of rotatable bonds is 7. The molecule has 0 heterocycles. The highest BCUT2D eigenvalue weighted by Crippen LogP contribution is 2.35. The van der Waals surface area contributed by atoms with Crippen molar-refractivity contribution >= 4 is 0 Å². The van der Waals surface area contributed by atoms with Gasteiger partial charge in [0.15, 0.2) is 0 Å². The van der Waals surface area contributed by atoms with Crippen LogP contribution in [-0.2, 0) is 4.74 Å². The fraction of sp³-hybridized carbons (Fsp3) is 1.00. The molecule has 2 nitrogen and oxygen atoms in total. The van der Waals surface area contributed by atoms with Gasteiger partial charge in [0.25, 0.3) is 0 Å². The molecule has 0 radical (unpaired) electrons. The molecule has 0 bridgehead atoms. The Morgan fingerprint density at radius 2 is 1.93 bits per heavy atom. The zero-order chi connectivity index (χ0) is 10.6. The molecule has 1 fully saturated rings. The lowest BCUT2D eigenvalue weighted by atomic mass is 9.85. The molecule has 14 heavy (non-hydrogen) atoms. The Morgan fingerprint density at radius 1 is 1.36 bits per heavy atom. The lowest BCUT2D eigenvalue weighted by Gasteiger charge is -2.36. The minimum Gasteiger partial charge on any atom is -0.377 e. The van der Waals surface area contributed by atoms with E-state index in [0.29, 0.717) is 0 Å². The van der Waals surface area contributed by atoms with Crippen molar-refractivity contribution < 1.29 is 4.74 Å². The molecule has 1 saturated carbocycles. The average molecular weight is 199 g/mol. The number of hydrogen-bond donors (Lipinski definition) is 1. The van der Waals surface area contributed by atoms with Crippen molar-refractivity contribution in [3.05, 3.63) is 0 Å². The summed E-state index contributed by atoms with van der Waals surface area (Å²) in [5.74, 6) is 0.976. The largest absolute Gasteiger partial charge is 0.377 e. The highest BCUT2D eigenvalue weighted by Gasteiger charge is 2.34. The molecule has 1 aliphatic carbocycles. The van der Waals surface area contributed by atoms with E-state index < -0.39 is 0 Å². The second-order valence-electron chi connectivity index (χ2n) is 4.60. The molecule has 0 aromatic rings. The summed E-state index contributed by atoms with van der Waals surface area (Å²) < 4.78 is 5.63. The van der Waals surface area contributed by atoms with Gasteiger partial charge in [-0.05, 0) is 31.6 Å². The molecule has 2 heteroatoms. The summed E-state index contributed by atoms with van der Waals surface area (Å²) >= 11 is 0. The number of ether oxygens (including phenoxy) is 1. The van der Waals surface area contributed by atoms with Gasteiger partial charge in [-0.2, -0.15) is 0 Å². The van der Waals surface area contributed by atoms with Gasteiger partial charge in [0, 0.05) is 13.2 Å². The average Bonchev–Trinajstić information content (AvgIpc) is 3.02. The molecular weight excluding hydrogens is 174 g/mol. The van der Waals surface area contributed by atoms with Crippen LogP contribution in [0.25, 0.3) is 0 Å². The Morgan fingerprint density at radius 3 is 2.29 bits per heavy atom. The Labute approximate surface area is 88.2 Å². The van der Waals surface area contributed by atoms with Gasteiger partial charge in [0.05, 0.1) is 5.60 Å². The van der Waals surface area contributed by atoms with Crippen molar-refractivity contribution in [2.24, 2.45) is 11.7 Å². The van der Waals surface area contributed by atoms with E-state index in [4.69, 9.17) is 10.5 Å². The normalized spacial score (nSPS) is 19.7. The van der Waals surface area contributed by atoms with E-state index in [-0.39, 0.29) is 11.6 Å². The van der Waals surface area contributed by atoms with Crippen LogP contribution in [0.4, 0.5) is 0 Å². The van der Waals surface area contributed by atoms with E-state index in [2.05, 4.69) is 13.8 Å². The minimum atomic E-state index is -0.0745. The van der Waals surface area contributed by atoms with Crippen molar-refractivity contribution in [3.63, 3.8) is 0 Å². The van der Waals surface area contributed by atoms with Crippen molar-refractivity contribution in [2.45, 2.75) is 64.0 Å². The third-order valence-corrected chi connectivity index (χ3v) is 3.86. The van der Waals surface area contributed by atoms with Gasteiger partial charge < -0.3 is 10.5 Å². The van der Waals surface area contributed by atoms with E-state index in [1.165, 1.54) is 19.3 Å². The summed E-state index contributed by atoms with van der Waals surface area (Å²) in [5.41, 5.74) is 6.16. The Balaban J connectivity index is 2.39. The molecule has 1 aliphatic rings. The first kappa shape index (κ1) is 12.0. The fourth-order valence-corrected chi connectivity index (χ4v) is 2.30. The quantitative estimate of drug-likeness (QED) is 0.684. The van der Waals surface area contributed by atoms with Crippen LogP contribution in [0.2, 0.25) is 0 Å². The zero-order valence-electron chi connectivity index (χ0n) is 9.88. The first-order chi connectivity index (χ1) is 6.68. The van der Waals surface area contributed by atoms with E-state index in [9.17, 15) is 0 Å². The smallest absolute Gasteiger partial charge is 0.0823 e. The van der Waals surface area contributed by atoms with Crippen LogP contribution >= 0.6 is 0 Å². The Hall–Kier alpha value is -0.0800. The van der Waals surface area contributed by atoms with E-state index in [0.717, 1.165) is 25.2 Å². The minimum absolute atomic E-state index is 0.0745. The summed E-state index contributed by atoms with van der Waals surface area (Å²) in [4.78, 5) is 0. The van der Waals surface area contributed by atoms with Crippen LogP contribution in [0.3, 0.4) is 0 Å². The molecule has 0 aromatic heterocycles. The van der Waals surface area contributed by atoms with Gasteiger partial charge >= 0.3 is 0 Å². The number of nitrogens with two attached hydrogens (primary N) is 1. The van der Waals surface area contributed by atoms with Crippen molar-refractivity contribution in [1.82, 2.24) is 0 Å². The molecular formula is C12H25NO. The summed E-state index contributed by atoms with van der Waals surface area (Å²) in [5, 5.41) is 0. The molecule has 2 N–H and O–H groups in total. The second-order valence-corrected chi connectivity index (χ2v) is 4.60. The first-order valence-electron chi connectivity index (χ1n) is 5.99. The highest BCUT2D eigenvalue weighted by molar-refractivity contribution is 4.90. The SMILES string of the molecule is CCC(CC)(OC)C(N)CCC1CC1. The maximum Gasteiger partial charge on any atom is 0.0823 e. The van der Waals surface area contributed by atoms with Crippen LogP contribution in [0.15, 0.2) is 0 Å². The van der Waals surface area contributed by atoms with Crippen LogP contribution in [0, 0.1) is 5.92 Å². The topological polar surface area (TPSA) is 35.2 Å². The maximum absolute atomic E-state index is 6.24. The molecule has 0 spiro atoms. The van der Waals surface area contributed by atoms with Gasteiger partial charge in [0.1, 0.15) is 0 Å². The van der Waals surface area contributed by atoms with Gasteiger partial charge in [-0.1, -0.05) is 26.7 Å². The maximum atomic E-state index is 6.24. The molecule has 0 amide bonds. The molecule has 0 aromatic carbocycles. The predicted molar refractivity (Wildman–Crippen MR) is 60.3 cm³/mol. The summed E-state index contributed by atoms with van der Waals surface area (Å²) in [6.07, 6.45) is 7.31. The monoisotopic (exact) mass is 199 g/mol. The highest BCUT2D eigenvalue weighted by atomic mass is 16.5. The molecule has 1 unspecified atom stereocenters. The predicted octanol–water partition coefficient (Wildman–Crippen LogP) is 2.71. The van der Waals surface area contributed by atoms with Crippen LogP contribution in [0.5, 0.6) is 0 Å². The Bertz CT molecular complexity index is 153. The molecule has 0 saturated heterocycles. The molecule has 1 atom stereocenters.